The molecule has 1 heterocycles. The summed E-state index contributed by atoms with van der Waals surface area (Å²) in [7, 11) is 0. The van der Waals surface area contributed by atoms with Crippen molar-refractivity contribution in [3.05, 3.63) is 94.8 Å². The molecule has 0 amide bonds. The monoisotopic (exact) mass is 422 g/mol. The van der Waals surface area contributed by atoms with E-state index in [-0.39, 0.29) is 19.8 Å². The van der Waals surface area contributed by atoms with Crippen molar-refractivity contribution in [2.75, 3.05) is 6.61 Å². The van der Waals surface area contributed by atoms with E-state index in [1.807, 2.05) is 30.3 Å². The number of rotatable bonds is 7. The maximum Gasteiger partial charge on any atom is 0.344 e. The van der Waals surface area contributed by atoms with Crippen molar-refractivity contribution < 1.29 is 32.9 Å². The van der Waals surface area contributed by atoms with E-state index in [9.17, 15) is 14.0 Å². The van der Waals surface area contributed by atoms with Gasteiger partial charge in [-0.05, 0) is 36.4 Å². The fourth-order valence-electron chi connectivity index (χ4n) is 3.14. The summed E-state index contributed by atoms with van der Waals surface area (Å²) in [4.78, 5) is 22.8. The van der Waals surface area contributed by atoms with Crippen molar-refractivity contribution >= 4 is 12.3 Å². The van der Waals surface area contributed by atoms with E-state index < -0.39 is 18.1 Å². The average Bonchev–Trinajstić information content (AvgIpc) is 2.81. The molecule has 0 bridgehead atoms. The van der Waals surface area contributed by atoms with Crippen LogP contribution in [0.2, 0.25) is 0 Å². The van der Waals surface area contributed by atoms with Crippen LogP contribution in [0, 0.1) is 5.82 Å². The zero-order valence-corrected chi connectivity index (χ0v) is 16.5. The van der Waals surface area contributed by atoms with Gasteiger partial charge in [0.1, 0.15) is 30.2 Å². The molecular formula is C24H19FO6. The number of carbonyl (C=O) groups is 2. The lowest BCUT2D eigenvalue weighted by molar-refractivity contribution is -0.147. The van der Waals surface area contributed by atoms with Gasteiger partial charge in [-0.15, -0.1) is 0 Å². The fraction of sp³-hybridized carbons (Fsp3) is 0.167. The van der Waals surface area contributed by atoms with Crippen LogP contribution in [0.4, 0.5) is 4.39 Å². The molecule has 158 valence electrons. The Hall–Kier alpha value is -3.71. The van der Waals surface area contributed by atoms with Gasteiger partial charge in [0, 0.05) is 22.3 Å². The van der Waals surface area contributed by atoms with Crippen LogP contribution in [0.1, 0.15) is 33.3 Å². The van der Waals surface area contributed by atoms with Crippen LogP contribution >= 0.6 is 0 Å². The molecule has 1 aliphatic rings. The molecule has 4 rings (SSSR count). The minimum atomic E-state index is -0.633. The minimum absolute atomic E-state index is 0.173. The molecule has 0 radical (unpaired) electrons. The van der Waals surface area contributed by atoms with Gasteiger partial charge in [-0.25, -0.2) is 9.18 Å². The highest BCUT2D eigenvalue weighted by Gasteiger charge is 2.25. The predicted molar refractivity (Wildman–Crippen MR) is 108 cm³/mol. The Bertz CT molecular complexity index is 1070. The first-order chi connectivity index (χ1) is 15.1. The lowest BCUT2D eigenvalue weighted by atomic mass is 10.1. The Balaban J connectivity index is 1.40. The number of hydrogen-bond acceptors (Lipinski definition) is 6. The highest BCUT2D eigenvalue weighted by molar-refractivity contribution is 5.75. The van der Waals surface area contributed by atoms with Gasteiger partial charge in [0.05, 0.1) is 6.61 Å². The molecule has 0 fully saturated rings. The summed E-state index contributed by atoms with van der Waals surface area (Å²) in [5, 5.41) is 0. The van der Waals surface area contributed by atoms with Crippen molar-refractivity contribution in [1.29, 1.82) is 0 Å². The zero-order chi connectivity index (χ0) is 21.6. The van der Waals surface area contributed by atoms with Gasteiger partial charge < -0.3 is 18.9 Å². The molecule has 0 saturated carbocycles. The zero-order valence-electron chi connectivity index (χ0n) is 16.5. The summed E-state index contributed by atoms with van der Waals surface area (Å²) in [6, 6.07) is 18.3. The van der Waals surface area contributed by atoms with Gasteiger partial charge in [-0.1, -0.05) is 30.3 Å². The summed E-state index contributed by atoms with van der Waals surface area (Å²) in [6.07, 6.45) is 0.0824. The number of esters is 1. The molecule has 0 N–H and O–H groups in total. The SMILES string of the molecule is O=Cc1ccc(OCC(=O)OCc2cc(F)cc3c2OC(c2ccccc2)OC3)cc1. The number of ether oxygens (including phenoxy) is 4. The second-order valence-corrected chi connectivity index (χ2v) is 6.86. The molecule has 31 heavy (non-hydrogen) atoms. The predicted octanol–water partition coefficient (Wildman–Crippen LogP) is 4.37. The molecule has 3 aromatic rings. The molecule has 3 aromatic carbocycles. The van der Waals surface area contributed by atoms with Crippen LogP contribution in [-0.4, -0.2) is 18.9 Å². The first kappa shape index (κ1) is 20.6. The van der Waals surface area contributed by atoms with Gasteiger partial charge in [-0.3, -0.25) is 4.79 Å². The molecule has 6 nitrogen and oxygen atoms in total. The molecule has 0 aliphatic carbocycles. The number of fused-ring (bicyclic) bond motifs is 1. The molecule has 0 saturated heterocycles. The first-order valence-corrected chi connectivity index (χ1v) is 9.60. The van der Waals surface area contributed by atoms with Crippen LogP contribution in [0.25, 0.3) is 0 Å². The average molecular weight is 422 g/mol. The lowest BCUT2D eigenvalue weighted by Gasteiger charge is -2.28. The number of benzene rings is 3. The quantitative estimate of drug-likeness (QED) is 0.416. The van der Waals surface area contributed by atoms with Crippen molar-refractivity contribution in [2.24, 2.45) is 0 Å². The molecule has 1 atom stereocenters. The lowest BCUT2D eigenvalue weighted by Crippen LogP contribution is -2.20. The van der Waals surface area contributed by atoms with Crippen LogP contribution in [-0.2, 0) is 27.5 Å². The Morgan fingerprint density at radius 2 is 1.87 bits per heavy atom. The topological polar surface area (TPSA) is 71.1 Å². The Morgan fingerprint density at radius 1 is 1.10 bits per heavy atom. The minimum Gasteiger partial charge on any atom is -0.482 e. The Kier molecular flexibility index (Phi) is 6.24. The number of carbonyl (C=O) groups excluding carboxylic acids is 2. The summed E-state index contributed by atoms with van der Waals surface area (Å²) < 4.78 is 36.3. The highest BCUT2D eigenvalue weighted by Crippen LogP contribution is 2.36. The summed E-state index contributed by atoms with van der Waals surface area (Å²) in [5.74, 6) is -0.220. The van der Waals surface area contributed by atoms with Crippen molar-refractivity contribution in [2.45, 2.75) is 19.5 Å². The Morgan fingerprint density at radius 3 is 2.61 bits per heavy atom. The fourth-order valence-corrected chi connectivity index (χ4v) is 3.14. The standard InChI is InChI=1S/C24H19FO6/c25-20-10-18(13-29-22(27)15-28-21-8-6-16(12-26)7-9-21)23-19(11-20)14-30-24(31-23)17-4-2-1-3-5-17/h1-12,24H,13-15H2. The molecule has 1 aliphatic heterocycles. The summed E-state index contributed by atoms with van der Waals surface area (Å²) >= 11 is 0. The maximum absolute atomic E-state index is 14.0. The second kappa shape index (κ2) is 9.40. The van der Waals surface area contributed by atoms with Gasteiger partial charge in [0.2, 0.25) is 6.29 Å². The van der Waals surface area contributed by atoms with E-state index in [1.54, 1.807) is 24.3 Å². The third kappa shape index (κ3) is 5.07. The van der Waals surface area contributed by atoms with Gasteiger partial charge in [0.25, 0.3) is 0 Å². The van der Waals surface area contributed by atoms with Crippen LogP contribution in [0.15, 0.2) is 66.7 Å². The molecular weight excluding hydrogens is 403 g/mol. The van der Waals surface area contributed by atoms with E-state index in [1.165, 1.54) is 12.1 Å². The number of aldehydes is 1. The highest BCUT2D eigenvalue weighted by atomic mass is 19.1. The normalized spacial score (nSPS) is 14.8. The van der Waals surface area contributed by atoms with Gasteiger partial charge in [0.15, 0.2) is 6.61 Å². The van der Waals surface area contributed by atoms with E-state index in [0.29, 0.717) is 34.5 Å². The first-order valence-electron chi connectivity index (χ1n) is 9.60. The summed E-state index contributed by atoms with van der Waals surface area (Å²) in [5.41, 5.74) is 2.28. The number of halogens is 1. The van der Waals surface area contributed by atoms with Crippen LogP contribution in [0.5, 0.6) is 11.5 Å². The van der Waals surface area contributed by atoms with E-state index >= 15 is 0 Å². The smallest absolute Gasteiger partial charge is 0.344 e. The maximum atomic E-state index is 14.0. The van der Waals surface area contributed by atoms with Crippen molar-refractivity contribution in [3.63, 3.8) is 0 Å². The molecule has 0 aromatic heterocycles. The van der Waals surface area contributed by atoms with Gasteiger partial charge in [-0.2, -0.15) is 0 Å². The van der Waals surface area contributed by atoms with Crippen molar-refractivity contribution in [3.8, 4) is 11.5 Å². The number of hydrogen-bond donors (Lipinski definition) is 0. The third-order valence-corrected chi connectivity index (χ3v) is 4.66. The molecule has 0 spiro atoms. The van der Waals surface area contributed by atoms with E-state index in [4.69, 9.17) is 18.9 Å². The third-order valence-electron chi connectivity index (χ3n) is 4.66. The molecule has 1 unspecified atom stereocenters. The summed E-state index contributed by atoms with van der Waals surface area (Å²) in [6.45, 7) is -0.323. The van der Waals surface area contributed by atoms with Crippen molar-refractivity contribution in [1.82, 2.24) is 0 Å². The van der Waals surface area contributed by atoms with Crippen LogP contribution < -0.4 is 9.47 Å². The van der Waals surface area contributed by atoms with Crippen LogP contribution in [0.3, 0.4) is 0 Å². The van der Waals surface area contributed by atoms with Gasteiger partial charge >= 0.3 is 5.97 Å². The van der Waals surface area contributed by atoms with E-state index in [2.05, 4.69) is 0 Å². The second-order valence-electron chi connectivity index (χ2n) is 6.86. The molecule has 7 heteroatoms. The van der Waals surface area contributed by atoms with E-state index in [0.717, 1.165) is 5.56 Å². The Labute approximate surface area is 178 Å². The largest absolute Gasteiger partial charge is 0.482 e.